The minimum Gasteiger partial charge on any atom is -0.377 e. The molecule has 1 aliphatic heterocycles. The highest BCUT2D eigenvalue weighted by Crippen LogP contribution is 2.31. The molecule has 0 aliphatic carbocycles. The summed E-state index contributed by atoms with van der Waals surface area (Å²) in [5.41, 5.74) is 1.14. The Morgan fingerprint density at radius 3 is 2.64 bits per heavy atom. The van der Waals surface area contributed by atoms with E-state index in [9.17, 15) is 4.79 Å². The summed E-state index contributed by atoms with van der Waals surface area (Å²) in [4.78, 5) is 11.8. The summed E-state index contributed by atoms with van der Waals surface area (Å²) in [7, 11) is 0. The highest BCUT2D eigenvalue weighted by Gasteiger charge is 2.33. The van der Waals surface area contributed by atoms with Crippen molar-refractivity contribution in [3.63, 3.8) is 0 Å². The normalized spacial score (nSPS) is 15.4. The van der Waals surface area contributed by atoms with Crippen molar-refractivity contribution in [3.05, 3.63) is 35.9 Å². The number of benzene rings is 1. The second kappa shape index (κ2) is 10.5. The lowest BCUT2D eigenvalue weighted by Crippen LogP contribution is -2.32. The Morgan fingerprint density at radius 1 is 1.20 bits per heavy atom. The van der Waals surface area contributed by atoms with E-state index in [0.717, 1.165) is 24.8 Å². The molecule has 1 aliphatic rings. The molecule has 0 aromatic heterocycles. The molecule has 140 valence electrons. The van der Waals surface area contributed by atoms with E-state index in [4.69, 9.17) is 14.2 Å². The van der Waals surface area contributed by atoms with Gasteiger partial charge in [0, 0.05) is 25.0 Å². The van der Waals surface area contributed by atoms with Gasteiger partial charge in [0.25, 0.3) is 0 Å². The molecule has 0 atom stereocenters. The summed E-state index contributed by atoms with van der Waals surface area (Å²) in [5, 5.41) is 2.98. The van der Waals surface area contributed by atoms with E-state index in [2.05, 4.69) is 19.2 Å². The summed E-state index contributed by atoms with van der Waals surface area (Å²) in [6.45, 7) is 7.55. The number of carbonyl (C=O) groups excluding carboxylic acids is 1. The van der Waals surface area contributed by atoms with E-state index >= 15 is 0 Å². The van der Waals surface area contributed by atoms with Crippen LogP contribution in [0.1, 0.15) is 45.1 Å². The van der Waals surface area contributed by atoms with E-state index < -0.39 is 0 Å². The van der Waals surface area contributed by atoms with Gasteiger partial charge in [-0.05, 0) is 24.8 Å². The average Bonchev–Trinajstić information content (AvgIpc) is 3.15. The van der Waals surface area contributed by atoms with Crippen LogP contribution >= 0.6 is 0 Å². The van der Waals surface area contributed by atoms with E-state index in [-0.39, 0.29) is 17.6 Å². The lowest BCUT2D eigenvalue weighted by Gasteiger charge is -2.29. The Hall–Kier alpha value is -1.43. The van der Waals surface area contributed by atoms with E-state index in [0.29, 0.717) is 39.4 Å². The highest BCUT2D eigenvalue weighted by molar-refractivity contribution is 5.75. The number of nitrogens with one attached hydrogen (secondary N) is 1. The third-order valence-corrected chi connectivity index (χ3v) is 4.38. The van der Waals surface area contributed by atoms with Crippen LogP contribution in [0.4, 0.5) is 0 Å². The number of carbonyl (C=O) groups is 1. The van der Waals surface area contributed by atoms with Crippen LogP contribution < -0.4 is 5.32 Å². The molecule has 1 saturated heterocycles. The number of rotatable bonds is 11. The third-order valence-electron chi connectivity index (χ3n) is 4.38. The minimum atomic E-state index is -0.120. The summed E-state index contributed by atoms with van der Waals surface area (Å²) >= 11 is 0. The number of hydrogen-bond donors (Lipinski definition) is 1. The van der Waals surface area contributed by atoms with Gasteiger partial charge in [0.15, 0.2) is 6.29 Å². The zero-order chi connectivity index (χ0) is 18.0. The van der Waals surface area contributed by atoms with Gasteiger partial charge in [0.05, 0.1) is 19.8 Å². The highest BCUT2D eigenvalue weighted by atomic mass is 16.7. The van der Waals surface area contributed by atoms with Crippen molar-refractivity contribution in [2.45, 2.75) is 52.4 Å². The van der Waals surface area contributed by atoms with Crippen LogP contribution in [0.3, 0.4) is 0 Å². The summed E-state index contributed by atoms with van der Waals surface area (Å²) in [6, 6.07) is 10.1. The fraction of sp³-hybridized carbons (Fsp3) is 0.650. The van der Waals surface area contributed by atoms with Crippen LogP contribution in [0.15, 0.2) is 30.3 Å². The zero-order valence-electron chi connectivity index (χ0n) is 15.5. The van der Waals surface area contributed by atoms with E-state index in [1.807, 2.05) is 30.3 Å². The Balaban J connectivity index is 1.47. The van der Waals surface area contributed by atoms with Crippen LogP contribution in [-0.2, 0) is 25.6 Å². The Labute approximate surface area is 151 Å². The van der Waals surface area contributed by atoms with Gasteiger partial charge in [-0.15, -0.1) is 0 Å². The Kier molecular flexibility index (Phi) is 8.38. The molecule has 0 bridgehead atoms. The van der Waals surface area contributed by atoms with Crippen molar-refractivity contribution < 1.29 is 19.0 Å². The van der Waals surface area contributed by atoms with E-state index in [1.54, 1.807) is 0 Å². The van der Waals surface area contributed by atoms with Crippen molar-refractivity contribution in [1.29, 1.82) is 0 Å². The molecular formula is C20H31NO4. The Morgan fingerprint density at radius 2 is 1.92 bits per heavy atom. The largest absolute Gasteiger partial charge is 0.377 e. The second-order valence-electron chi connectivity index (χ2n) is 7.16. The van der Waals surface area contributed by atoms with Gasteiger partial charge in [-0.1, -0.05) is 44.2 Å². The minimum absolute atomic E-state index is 0.0213. The molecule has 0 spiro atoms. The van der Waals surface area contributed by atoms with Gasteiger partial charge >= 0.3 is 0 Å². The average molecular weight is 349 g/mol. The van der Waals surface area contributed by atoms with Gasteiger partial charge in [-0.25, -0.2) is 0 Å². The van der Waals surface area contributed by atoms with Crippen molar-refractivity contribution >= 4 is 5.91 Å². The molecular weight excluding hydrogens is 318 g/mol. The van der Waals surface area contributed by atoms with Crippen molar-refractivity contribution in [1.82, 2.24) is 5.32 Å². The maximum Gasteiger partial charge on any atom is 0.220 e. The van der Waals surface area contributed by atoms with Crippen molar-refractivity contribution in [2.24, 2.45) is 5.41 Å². The maximum absolute atomic E-state index is 11.8. The second-order valence-corrected chi connectivity index (χ2v) is 7.16. The molecule has 0 radical (unpaired) electrons. The summed E-state index contributed by atoms with van der Waals surface area (Å²) in [5.74, 6) is 0.0921. The molecule has 1 N–H and O–H groups in total. The fourth-order valence-electron chi connectivity index (χ4n) is 2.89. The van der Waals surface area contributed by atoms with Crippen molar-refractivity contribution in [3.8, 4) is 0 Å². The summed E-state index contributed by atoms with van der Waals surface area (Å²) in [6.07, 6.45) is 3.01. The predicted molar refractivity (Wildman–Crippen MR) is 97.0 cm³/mol. The quantitative estimate of drug-likeness (QED) is 0.623. The topological polar surface area (TPSA) is 56.8 Å². The molecule has 2 rings (SSSR count). The molecule has 1 amide bonds. The van der Waals surface area contributed by atoms with Gasteiger partial charge in [-0.2, -0.15) is 0 Å². The number of hydrogen-bond acceptors (Lipinski definition) is 4. The molecule has 0 saturated carbocycles. The zero-order valence-corrected chi connectivity index (χ0v) is 15.5. The Bertz CT molecular complexity index is 498. The first-order valence-corrected chi connectivity index (χ1v) is 9.19. The number of ether oxygens (including phenoxy) is 3. The SMILES string of the molecule is CC(C)(CCCNC(=O)CCCOCc1ccccc1)C1OCCO1. The molecule has 1 heterocycles. The first-order valence-electron chi connectivity index (χ1n) is 9.19. The standard InChI is InChI=1S/C20H31NO4/c1-20(2,19-24-14-15-25-19)11-7-12-21-18(22)10-6-13-23-16-17-8-4-3-5-9-17/h3-5,8-9,19H,6-7,10-16H2,1-2H3,(H,21,22). The lowest BCUT2D eigenvalue weighted by molar-refractivity contribution is -0.124. The van der Waals surface area contributed by atoms with Crippen LogP contribution in [-0.4, -0.2) is 38.6 Å². The third kappa shape index (κ3) is 7.55. The van der Waals surface area contributed by atoms with Crippen molar-refractivity contribution in [2.75, 3.05) is 26.4 Å². The van der Waals surface area contributed by atoms with Crippen LogP contribution in [0.5, 0.6) is 0 Å². The smallest absolute Gasteiger partial charge is 0.220 e. The molecule has 5 nitrogen and oxygen atoms in total. The molecule has 25 heavy (non-hydrogen) atoms. The van der Waals surface area contributed by atoms with Crippen LogP contribution in [0.2, 0.25) is 0 Å². The molecule has 1 fully saturated rings. The first kappa shape index (κ1) is 19.9. The van der Waals surface area contributed by atoms with E-state index in [1.165, 1.54) is 0 Å². The molecule has 1 aromatic rings. The molecule has 1 aromatic carbocycles. The van der Waals surface area contributed by atoms with Gasteiger partial charge < -0.3 is 19.5 Å². The monoisotopic (exact) mass is 349 g/mol. The predicted octanol–water partition coefficient (Wildman–Crippen LogP) is 3.28. The first-order chi connectivity index (χ1) is 12.1. The van der Waals surface area contributed by atoms with Gasteiger partial charge in [0.1, 0.15) is 0 Å². The van der Waals surface area contributed by atoms with Crippen LogP contribution in [0.25, 0.3) is 0 Å². The maximum atomic E-state index is 11.8. The van der Waals surface area contributed by atoms with Gasteiger partial charge in [-0.3, -0.25) is 4.79 Å². The molecule has 5 heteroatoms. The van der Waals surface area contributed by atoms with Gasteiger partial charge in [0.2, 0.25) is 5.91 Å². The lowest BCUT2D eigenvalue weighted by atomic mass is 9.87. The number of amides is 1. The molecule has 0 unspecified atom stereocenters. The summed E-state index contributed by atoms with van der Waals surface area (Å²) < 4.78 is 16.8. The fourth-order valence-corrected chi connectivity index (χ4v) is 2.89. The van der Waals surface area contributed by atoms with Crippen LogP contribution in [0, 0.1) is 5.41 Å².